The Morgan fingerprint density at radius 3 is 3.04 bits per heavy atom. The first-order chi connectivity index (χ1) is 12.2. The standard InChI is InChI=1S/C20H22N4O/c1-3-20(25)23-18-6-4-5-15-16(11-21-12-17(15)18)13-7-8-19-14(9-13)10-22-24(19)2/h7-12,18H,3-6H2,1-2H3,(H,23,25)/t18-/m1/s1. The maximum atomic E-state index is 11.9. The van der Waals surface area contributed by atoms with Crippen LogP contribution in [0.1, 0.15) is 43.4 Å². The Morgan fingerprint density at radius 2 is 2.20 bits per heavy atom. The van der Waals surface area contributed by atoms with Gasteiger partial charge in [0.25, 0.3) is 0 Å². The van der Waals surface area contributed by atoms with Crippen molar-refractivity contribution in [2.75, 3.05) is 0 Å². The molecule has 1 aromatic carbocycles. The predicted molar refractivity (Wildman–Crippen MR) is 98.1 cm³/mol. The Bertz CT molecular complexity index is 944. The smallest absolute Gasteiger partial charge is 0.220 e. The number of nitrogens with one attached hydrogen (secondary N) is 1. The van der Waals surface area contributed by atoms with Gasteiger partial charge in [0, 0.05) is 36.8 Å². The van der Waals surface area contributed by atoms with E-state index in [1.807, 2.05) is 37.2 Å². The van der Waals surface area contributed by atoms with Crippen LogP contribution in [0.5, 0.6) is 0 Å². The molecule has 1 amide bonds. The van der Waals surface area contributed by atoms with Crippen molar-refractivity contribution in [3.63, 3.8) is 0 Å². The minimum atomic E-state index is 0.0748. The molecule has 0 unspecified atom stereocenters. The Labute approximate surface area is 147 Å². The van der Waals surface area contributed by atoms with Gasteiger partial charge >= 0.3 is 0 Å². The van der Waals surface area contributed by atoms with Gasteiger partial charge in [-0.05, 0) is 48.1 Å². The Morgan fingerprint density at radius 1 is 1.32 bits per heavy atom. The van der Waals surface area contributed by atoms with E-state index in [0.29, 0.717) is 6.42 Å². The van der Waals surface area contributed by atoms with Gasteiger partial charge < -0.3 is 5.32 Å². The highest BCUT2D eigenvalue weighted by Gasteiger charge is 2.24. The lowest BCUT2D eigenvalue weighted by molar-refractivity contribution is -0.121. The number of amides is 1. The van der Waals surface area contributed by atoms with Crippen LogP contribution in [0.3, 0.4) is 0 Å². The minimum absolute atomic E-state index is 0.0748. The quantitative estimate of drug-likeness (QED) is 0.797. The van der Waals surface area contributed by atoms with Gasteiger partial charge in [0.05, 0.1) is 17.8 Å². The van der Waals surface area contributed by atoms with Gasteiger partial charge in [-0.15, -0.1) is 0 Å². The molecule has 1 atom stereocenters. The summed E-state index contributed by atoms with van der Waals surface area (Å²) in [5.41, 5.74) is 5.92. The molecule has 5 nitrogen and oxygen atoms in total. The Hall–Kier alpha value is -2.69. The third kappa shape index (κ3) is 2.80. The zero-order valence-corrected chi connectivity index (χ0v) is 14.6. The molecule has 1 N–H and O–H groups in total. The highest BCUT2D eigenvalue weighted by Crippen LogP contribution is 2.36. The molecule has 128 valence electrons. The van der Waals surface area contributed by atoms with Gasteiger partial charge in [0.1, 0.15) is 0 Å². The number of pyridine rings is 1. The van der Waals surface area contributed by atoms with E-state index in [9.17, 15) is 4.79 Å². The monoisotopic (exact) mass is 334 g/mol. The summed E-state index contributed by atoms with van der Waals surface area (Å²) in [5, 5.41) is 8.60. The lowest BCUT2D eigenvalue weighted by atomic mass is 9.84. The summed E-state index contributed by atoms with van der Waals surface area (Å²) in [6, 6.07) is 6.49. The van der Waals surface area contributed by atoms with E-state index in [1.54, 1.807) is 0 Å². The van der Waals surface area contributed by atoms with Gasteiger partial charge in [-0.3, -0.25) is 14.5 Å². The summed E-state index contributed by atoms with van der Waals surface area (Å²) in [5.74, 6) is 0.0973. The van der Waals surface area contributed by atoms with Gasteiger partial charge in [-0.25, -0.2) is 0 Å². The SMILES string of the molecule is CCC(=O)N[C@@H]1CCCc2c(-c3ccc4c(cnn4C)c3)cncc21. The number of fused-ring (bicyclic) bond motifs is 2. The predicted octanol–water partition coefficient (Wildman–Crippen LogP) is 3.54. The summed E-state index contributed by atoms with van der Waals surface area (Å²) < 4.78 is 1.88. The van der Waals surface area contributed by atoms with Crippen LogP contribution < -0.4 is 5.32 Å². The van der Waals surface area contributed by atoms with Crippen molar-refractivity contribution in [3.05, 3.63) is 47.9 Å². The largest absolute Gasteiger partial charge is 0.349 e. The molecule has 2 heterocycles. The second-order valence-corrected chi connectivity index (χ2v) is 6.66. The van der Waals surface area contributed by atoms with Crippen molar-refractivity contribution >= 4 is 16.8 Å². The summed E-state index contributed by atoms with van der Waals surface area (Å²) in [6.07, 6.45) is 9.35. The van der Waals surface area contributed by atoms with Crippen molar-refractivity contribution in [1.29, 1.82) is 0 Å². The van der Waals surface area contributed by atoms with Crippen molar-refractivity contribution in [3.8, 4) is 11.1 Å². The molecule has 0 spiro atoms. The molecule has 0 aliphatic heterocycles. The topological polar surface area (TPSA) is 59.8 Å². The molecule has 0 bridgehead atoms. The zero-order chi connectivity index (χ0) is 17.4. The van der Waals surface area contributed by atoms with E-state index in [1.165, 1.54) is 11.1 Å². The number of aromatic nitrogens is 3. The first-order valence-corrected chi connectivity index (χ1v) is 8.85. The molecule has 25 heavy (non-hydrogen) atoms. The average molecular weight is 334 g/mol. The molecule has 5 heteroatoms. The summed E-state index contributed by atoms with van der Waals surface area (Å²) in [6.45, 7) is 1.89. The number of hydrogen-bond donors (Lipinski definition) is 1. The third-order valence-electron chi connectivity index (χ3n) is 5.10. The van der Waals surface area contributed by atoms with Crippen LogP contribution in [-0.2, 0) is 18.3 Å². The van der Waals surface area contributed by atoms with E-state index in [0.717, 1.165) is 41.3 Å². The normalized spacial score (nSPS) is 16.6. The Kier molecular flexibility index (Phi) is 3.99. The molecule has 1 aliphatic rings. The fourth-order valence-corrected chi connectivity index (χ4v) is 3.75. The lowest BCUT2D eigenvalue weighted by Gasteiger charge is -2.27. The average Bonchev–Trinajstić information content (AvgIpc) is 3.02. The van der Waals surface area contributed by atoms with Crippen LogP contribution in [0, 0.1) is 0 Å². The number of carbonyl (C=O) groups is 1. The molecule has 0 radical (unpaired) electrons. The van der Waals surface area contributed by atoms with E-state index < -0.39 is 0 Å². The van der Waals surface area contributed by atoms with Gasteiger partial charge in [-0.1, -0.05) is 13.0 Å². The highest BCUT2D eigenvalue weighted by molar-refractivity contribution is 5.85. The fourth-order valence-electron chi connectivity index (χ4n) is 3.75. The van der Waals surface area contributed by atoms with E-state index >= 15 is 0 Å². The second-order valence-electron chi connectivity index (χ2n) is 6.66. The summed E-state index contributed by atoms with van der Waals surface area (Å²) in [4.78, 5) is 16.3. The molecule has 2 aromatic heterocycles. The summed E-state index contributed by atoms with van der Waals surface area (Å²) in [7, 11) is 1.95. The third-order valence-corrected chi connectivity index (χ3v) is 5.10. The fraction of sp³-hybridized carbons (Fsp3) is 0.350. The molecular weight excluding hydrogens is 312 g/mol. The maximum absolute atomic E-state index is 11.9. The van der Waals surface area contributed by atoms with Crippen LogP contribution in [-0.4, -0.2) is 20.7 Å². The number of rotatable bonds is 3. The Balaban J connectivity index is 1.77. The molecule has 0 saturated carbocycles. The van der Waals surface area contributed by atoms with Crippen molar-refractivity contribution in [2.24, 2.45) is 7.05 Å². The van der Waals surface area contributed by atoms with Crippen molar-refractivity contribution < 1.29 is 4.79 Å². The highest BCUT2D eigenvalue weighted by atomic mass is 16.1. The zero-order valence-electron chi connectivity index (χ0n) is 14.6. The molecule has 0 saturated heterocycles. The minimum Gasteiger partial charge on any atom is -0.349 e. The van der Waals surface area contributed by atoms with Gasteiger partial charge in [0.2, 0.25) is 5.91 Å². The van der Waals surface area contributed by atoms with Crippen molar-refractivity contribution in [1.82, 2.24) is 20.1 Å². The first kappa shape index (κ1) is 15.8. The first-order valence-electron chi connectivity index (χ1n) is 8.85. The molecule has 4 rings (SSSR count). The van der Waals surface area contributed by atoms with Crippen LogP contribution in [0.4, 0.5) is 0 Å². The van der Waals surface area contributed by atoms with Gasteiger partial charge in [-0.2, -0.15) is 5.10 Å². The summed E-state index contributed by atoms with van der Waals surface area (Å²) >= 11 is 0. The number of aryl methyl sites for hydroxylation is 1. The molecule has 0 fully saturated rings. The van der Waals surface area contributed by atoms with Crippen LogP contribution in [0.25, 0.3) is 22.0 Å². The molecule has 1 aliphatic carbocycles. The van der Waals surface area contributed by atoms with Crippen LogP contribution in [0.15, 0.2) is 36.8 Å². The van der Waals surface area contributed by atoms with Crippen LogP contribution in [0.2, 0.25) is 0 Å². The second kappa shape index (κ2) is 6.31. The van der Waals surface area contributed by atoms with E-state index in [4.69, 9.17) is 0 Å². The molecular formula is C20H22N4O. The number of benzene rings is 1. The number of carbonyl (C=O) groups excluding carboxylic acids is 1. The van der Waals surface area contributed by atoms with Gasteiger partial charge in [0.15, 0.2) is 0 Å². The van der Waals surface area contributed by atoms with E-state index in [-0.39, 0.29) is 11.9 Å². The van der Waals surface area contributed by atoms with Crippen molar-refractivity contribution in [2.45, 2.75) is 38.6 Å². The lowest BCUT2D eigenvalue weighted by Crippen LogP contribution is -2.30. The number of nitrogens with zero attached hydrogens (tertiary/aromatic N) is 3. The maximum Gasteiger partial charge on any atom is 0.220 e. The van der Waals surface area contributed by atoms with Crippen LogP contribution >= 0.6 is 0 Å². The molecule has 3 aromatic rings. The van der Waals surface area contributed by atoms with E-state index in [2.05, 4.69) is 33.6 Å². The number of hydrogen-bond acceptors (Lipinski definition) is 3.